The molecule has 1 aliphatic rings. The van der Waals surface area contributed by atoms with Crippen LogP contribution in [0.5, 0.6) is 0 Å². The van der Waals surface area contributed by atoms with Crippen LogP contribution in [0.15, 0.2) is 36.7 Å². The van der Waals surface area contributed by atoms with Gasteiger partial charge in [-0.25, -0.2) is 9.50 Å². The van der Waals surface area contributed by atoms with Crippen molar-refractivity contribution in [2.45, 2.75) is 12.5 Å². The number of fused-ring (bicyclic) bond motifs is 1. The van der Waals surface area contributed by atoms with E-state index in [0.29, 0.717) is 35.9 Å². The number of rotatable bonds is 3. The van der Waals surface area contributed by atoms with Crippen LogP contribution in [0.25, 0.3) is 5.65 Å². The lowest BCUT2D eigenvalue weighted by atomic mass is 10.3. The lowest BCUT2D eigenvalue weighted by molar-refractivity contribution is 0.102. The number of hydrogen-bond acceptors (Lipinski definition) is 7. The van der Waals surface area contributed by atoms with Gasteiger partial charge in [-0.2, -0.15) is 5.10 Å². The second-order valence-electron chi connectivity index (χ2n) is 5.56. The molecule has 122 valence electrons. The SMILES string of the molecule is O=C(Nc1cccnn1)c1cnc2ccc(N3CC[C@H](O)C3)nn12. The smallest absolute Gasteiger partial charge is 0.277 e. The molecule has 24 heavy (non-hydrogen) atoms. The van der Waals surface area contributed by atoms with Crippen LogP contribution in [-0.4, -0.2) is 55.0 Å². The first-order chi connectivity index (χ1) is 11.7. The Morgan fingerprint density at radius 2 is 2.25 bits per heavy atom. The molecule has 1 saturated heterocycles. The Morgan fingerprint density at radius 3 is 3.00 bits per heavy atom. The van der Waals surface area contributed by atoms with Crippen LogP contribution in [-0.2, 0) is 0 Å². The summed E-state index contributed by atoms with van der Waals surface area (Å²) in [6, 6.07) is 6.97. The highest BCUT2D eigenvalue weighted by molar-refractivity contribution is 6.02. The summed E-state index contributed by atoms with van der Waals surface area (Å²) in [6.45, 7) is 1.27. The Labute approximate surface area is 137 Å². The number of hydrogen-bond donors (Lipinski definition) is 2. The molecule has 1 amide bonds. The van der Waals surface area contributed by atoms with E-state index in [4.69, 9.17) is 0 Å². The second-order valence-corrected chi connectivity index (χ2v) is 5.56. The molecular formula is C15H15N7O2. The predicted octanol–water partition coefficient (Wildman–Crippen LogP) is 0.343. The number of aliphatic hydroxyl groups excluding tert-OH is 1. The van der Waals surface area contributed by atoms with Gasteiger partial charge in [0.15, 0.2) is 17.2 Å². The van der Waals surface area contributed by atoms with Gasteiger partial charge in [0.2, 0.25) is 0 Å². The van der Waals surface area contributed by atoms with Gasteiger partial charge in [0.1, 0.15) is 5.82 Å². The summed E-state index contributed by atoms with van der Waals surface area (Å²) in [5, 5.41) is 24.4. The summed E-state index contributed by atoms with van der Waals surface area (Å²) in [5.74, 6) is 0.691. The second kappa shape index (κ2) is 5.85. The number of anilines is 2. The minimum absolute atomic E-state index is 0.303. The standard InChI is InChI=1S/C15H15N7O2/c23-10-5-7-21(9-10)14-4-3-13-16-8-11(22(13)20-14)15(24)18-12-2-1-6-17-19-12/h1-4,6,8,10,23H,5,7,9H2,(H,18,19,24)/t10-/m0/s1. The van der Waals surface area contributed by atoms with Crippen LogP contribution in [0.4, 0.5) is 11.6 Å². The number of aromatic nitrogens is 5. The van der Waals surface area contributed by atoms with Crippen LogP contribution in [0.1, 0.15) is 16.9 Å². The van der Waals surface area contributed by atoms with Crippen molar-refractivity contribution in [2.24, 2.45) is 0 Å². The number of aliphatic hydroxyl groups is 1. The normalized spacial score (nSPS) is 17.4. The van der Waals surface area contributed by atoms with Crippen molar-refractivity contribution in [3.8, 4) is 0 Å². The summed E-state index contributed by atoms with van der Waals surface area (Å²) in [4.78, 5) is 18.6. The van der Waals surface area contributed by atoms with Gasteiger partial charge in [-0.1, -0.05) is 0 Å². The summed E-state index contributed by atoms with van der Waals surface area (Å²) in [5.41, 5.74) is 0.875. The molecular weight excluding hydrogens is 310 g/mol. The molecule has 0 aliphatic carbocycles. The lowest BCUT2D eigenvalue weighted by Gasteiger charge is -2.16. The minimum Gasteiger partial charge on any atom is -0.391 e. The summed E-state index contributed by atoms with van der Waals surface area (Å²) < 4.78 is 1.49. The molecule has 0 saturated carbocycles. The van der Waals surface area contributed by atoms with E-state index in [1.165, 1.54) is 16.9 Å². The monoisotopic (exact) mass is 325 g/mol. The molecule has 0 aromatic carbocycles. The third-order valence-corrected chi connectivity index (χ3v) is 3.88. The van der Waals surface area contributed by atoms with Crippen molar-refractivity contribution in [1.82, 2.24) is 24.8 Å². The molecule has 0 bridgehead atoms. The molecule has 4 heterocycles. The molecule has 1 atom stereocenters. The van der Waals surface area contributed by atoms with Crippen molar-refractivity contribution < 1.29 is 9.90 Å². The maximum atomic E-state index is 12.4. The maximum Gasteiger partial charge on any atom is 0.277 e. The zero-order valence-corrected chi connectivity index (χ0v) is 12.7. The van der Waals surface area contributed by atoms with Gasteiger partial charge in [-0.3, -0.25) is 4.79 Å². The van der Waals surface area contributed by atoms with Crippen molar-refractivity contribution in [3.05, 3.63) is 42.4 Å². The number of carbonyl (C=O) groups is 1. The summed E-state index contributed by atoms with van der Waals surface area (Å²) in [6.07, 6.45) is 3.37. The number of carbonyl (C=O) groups excluding carboxylic acids is 1. The highest BCUT2D eigenvalue weighted by Gasteiger charge is 2.22. The molecule has 0 spiro atoms. The average molecular weight is 325 g/mol. The highest BCUT2D eigenvalue weighted by atomic mass is 16.3. The lowest BCUT2D eigenvalue weighted by Crippen LogP contribution is -2.23. The van der Waals surface area contributed by atoms with Crippen LogP contribution in [0.2, 0.25) is 0 Å². The molecule has 4 rings (SSSR count). The molecule has 2 N–H and O–H groups in total. The van der Waals surface area contributed by atoms with Crippen molar-refractivity contribution in [1.29, 1.82) is 0 Å². The Hall–Kier alpha value is -3.07. The Balaban J connectivity index is 1.64. The Bertz CT molecular complexity index is 880. The number of nitrogens with zero attached hydrogens (tertiary/aromatic N) is 6. The summed E-state index contributed by atoms with van der Waals surface area (Å²) >= 11 is 0. The highest BCUT2D eigenvalue weighted by Crippen LogP contribution is 2.19. The van der Waals surface area contributed by atoms with E-state index in [1.54, 1.807) is 18.2 Å². The van der Waals surface area contributed by atoms with Crippen LogP contribution >= 0.6 is 0 Å². The van der Waals surface area contributed by atoms with Crippen molar-refractivity contribution >= 4 is 23.2 Å². The number of nitrogens with one attached hydrogen (secondary N) is 1. The van der Waals surface area contributed by atoms with Gasteiger partial charge in [0, 0.05) is 19.3 Å². The van der Waals surface area contributed by atoms with E-state index >= 15 is 0 Å². The topological polar surface area (TPSA) is 109 Å². The zero-order valence-electron chi connectivity index (χ0n) is 12.7. The van der Waals surface area contributed by atoms with Gasteiger partial charge >= 0.3 is 0 Å². The first-order valence-corrected chi connectivity index (χ1v) is 7.57. The predicted molar refractivity (Wildman–Crippen MR) is 85.8 cm³/mol. The first-order valence-electron chi connectivity index (χ1n) is 7.57. The van der Waals surface area contributed by atoms with Crippen LogP contribution in [0.3, 0.4) is 0 Å². The van der Waals surface area contributed by atoms with E-state index < -0.39 is 0 Å². The fraction of sp³-hybridized carbons (Fsp3) is 0.267. The molecule has 0 radical (unpaired) electrons. The maximum absolute atomic E-state index is 12.4. The van der Waals surface area contributed by atoms with Gasteiger partial charge < -0.3 is 15.3 Å². The fourth-order valence-electron chi connectivity index (χ4n) is 2.69. The molecule has 3 aromatic heterocycles. The quantitative estimate of drug-likeness (QED) is 0.715. The van der Waals surface area contributed by atoms with E-state index in [2.05, 4.69) is 25.6 Å². The average Bonchev–Trinajstić information content (AvgIpc) is 3.21. The van der Waals surface area contributed by atoms with Gasteiger partial charge in [-0.15, -0.1) is 10.2 Å². The summed E-state index contributed by atoms with van der Waals surface area (Å²) in [7, 11) is 0. The molecule has 1 fully saturated rings. The van der Waals surface area contributed by atoms with Crippen molar-refractivity contribution in [2.75, 3.05) is 23.3 Å². The van der Waals surface area contributed by atoms with E-state index in [1.807, 2.05) is 11.0 Å². The minimum atomic E-state index is -0.367. The Kier molecular flexibility index (Phi) is 3.54. The number of amides is 1. The third-order valence-electron chi connectivity index (χ3n) is 3.88. The Morgan fingerprint density at radius 1 is 1.33 bits per heavy atom. The number of β-amino-alcohol motifs (C(OH)–C–C–N with tert-alkyl or cyclic N) is 1. The fourth-order valence-corrected chi connectivity index (χ4v) is 2.69. The third kappa shape index (κ3) is 2.65. The zero-order chi connectivity index (χ0) is 16.5. The first kappa shape index (κ1) is 14.5. The molecule has 0 unspecified atom stereocenters. The van der Waals surface area contributed by atoms with E-state index in [0.717, 1.165) is 6.54 Å². The molecule has 9 heteroatoms. The van der Waals surface area contributed by atoms with Gasteiger partial charge in [0.25, 0.3) is 5.91 Å². The largest absolute Gasteiger partial charge is 0.391 e. The van der Waals surface area contributed by atoms with Gasteiger partial charge in [0.05, 0.1) is 12.3 Å². The van der Waals surface area contributed by atoms with Crippen LogP contribution < -0.4 is 10.2 Å². The van der Waals surface area contributed by atoms with E-state index in [-0.39, 0.29) is 12.0 Å². The molecule has 1 aliphatic heterocycles. The molecule has 9 nitrogen and oxygen atoms in total. The van der Waals surface area contributed by atoms with Gasteiger partial charge in [-0.05, 0) is 30.7 Å². The van der Waals surface area contributed by atoms with Crippen molar-refractivity contribution in [3.63, 3.8) is 0 Å². The number of imidazole rings is 1. The molecule has 3 aromatic rings. The van der Waals surface area contributed by atoms with E-state index in [9.17, 15) is 9.90 Å². The van der Waals surface area contributed by atoms with Crippen LogP contribution in [0, 0.1) is 0 Å².